The Morgan fingerprint density at radius 1 is 1.24 bits per heavy atom. The zero-order valence-corrected chi connectivity index (χ0v) is 10.5. The number of benzene rings is 1. The van der Waals surface area contributed by atoms with Gasteiger partial charge in [0.2, 0.25) is 0 Å². The van der Waals surface area contributed by atoms with E-state index in [1.807, 2.05) is 0 Å². The second kappa shape index (κ2) is 4.56. The third kappa shape index (κ3) is 2.24. The molecule has 1 aromatic heterocycles. The Hall–Kier alpha value is -1.23. The van der Waals surface area contributed by atoms with Gasteiger partial charge >= 0.3 is 5.97 Å². The van der Waals surface area contributed by atoms with Crippen LogP contribution in [0.2, 0.25) is 15.2 Å². The van der Waals surface area contributed by atoms with Crippen molar-refractivity contribution in [3.05, 3.63) is 45.2 Å². The lowest BCUT2D eigenvalue weighted by Gasteiger charge is -2.04. The standard InChI is InChI=1S/C10H5Cl3N2O2/c11-7-2-1-5(3-8(7)12)15-9(13)6(4-14-15)10(16)17/h1-4H,(H,16,17). The number of carboxylic acid groups (broad SMARTS) is 1. The minimum atomic E-state index is -1.14. The summed E-state index contributed by atoms with van der Waals surface area (Å²) < 4.78 is 1.27. The Labute approximate surface area is 111 Å². The van der Waals surface area contributed by atoms with Gasteiger partial charge in [0.15, 0.2) is 0 Å². The smallest absolute Gasteiger partial charge is 0.340 e. The van der Waals surface area contributed by atoms with Gasteiger partial charge in [-0.2, -0.15) is 5.10 Å². The molecule has 0 bridgehead atoms. The van der Waals surface area contributed by atoms with Crippen LogP contribution in [0.1, 0.15) is 10.4 Å². The van der Waals surface area contributed by atoms with E-state index in [-0.39, 0.29) is 10.7 Å². The fraction of sp³-hybridized carbons (Fsp3) is 0. The summed E-state index contributed by atoms with van der Waals surface area (Å²) in [5.41, 5.74) is 0.467. The quantitative estimate of drug-likeness (QED) is 0.921. The Morgan fingerprint density at radius 3 is 2.47 bits per heavy atom. The molecule has 0 spiro atoms. The van der Waals surface area contributed by atoms with Gasteiger partial charge in [0.25, 0.3) is 0 Å². The first kappa shape index (κ1) is 12.2. The highest BCUT2D eigenvalue weighted by molar-refractivity contribution is 6.42. The van der Waals surface area contributed by atoms with Crippen LogP contribution in [-0.2, 0) is 0 Å². The second-order valence-electron chi connectivity index (χ2n) is 3.16. The number of carboxylic acids is 1. The molecule has 1 N–H and O–H groups in total. The van der Waals surface area contributed by atoms with Crippen molar-refractivity contribution in [1.82, 2.24) is 9.78 Å². The molecule has 0 amide bonds. The molecule has 0 unspecified atom stereocenters. The molecule has 17 heavy (non-hydrogen) atoms. The summed E-state index contributed by atoms with van der Waals surface area (Å²) in [5, 5.41) is 13.5. The lowest BCUT2D eigenvalue weighted by molar-refractivity contribution is 0.0697. The van der Waals surface area contributed by atoms with Gasteiger partial charge in [-0.15, -0.1) is 0 Å². The molecule has 0 aliphatic heterocycles. The van der Waals surface area contributed by atoms with E-state index in [0.717, 1.165) is 0 Å². The van der Waals surface area contributed by atoms with Crippen LogP contribution in [-0.4, -0.2) is 20.9 Å². The molecule has 0 radical (unpaired) electrons. The summed E-state index contributed by atoms with van der Waals surface area (Å²) in [6.45, 7) is 0. The van der Waals surface area contributed by atoms with Gasteiger partial charge in [-0.1, -0.05) is 34.8 Å². The highest BCUT2D eigenvalue weighted by atomic mass is 35.5. The SMILES string of the molecule is O=C(O)c1cnn(-c2ccc(Cl)c(Cl)c2)c1Cl. The molecule has 2 aromatic rings. The number of aromatic nitrogens is 2. The average Bonchev–Trinajstić information content (AvgIpc) is 2.64. The number of nitrogens with zero attached hydrogens (tertiary/aromatic N) is 2. The number of halogens is 3. The first-order valence-electron chi connectivity index (χ1n) is 4.43. The van der Waals surface area contributed by atoms with Crippen molar-refractivity contribution in [2.75, 3.05) is 0 Å². The number of carbonyl (C=O) groups is 1. The molecule has 88 valence electrons. The number of aromatic carboxylic acids is 1. The summed E-state index contributed by atoms with van der Waals surface area (Å²) in [7, 11) is 0. The summed E-state index contributed by atoms with van der Waals surface area (Å²) in [6, 6.07) is 4.77. The second-order valence-corrected chi connectivity index (χ2v) is 4.34. The highest BCUT2D eigenvalue weighted by Gasteiger charge is 2.16. The molecule has 0 aliphatic rings. The predicted molar refractivity (Wildman–Crippen MR) is 65.6 cm³/mol. The van der Waals surface area contributed by atoms with Crippen LogP contribution in [0.25, 0.3) is 5.69 Å². The van der Waals surface area contributed by atoms with Crippen LogP contribution >= 0.6 is 34.8 Å². The van der Waals surface area contributed by atoms with E-state index in [1.54, 1.807) is 18.2 Å². The van der Waals surface area contributed by atoms with Gasteiger partial charge in [-0.25, -0.2) is 9.48 Å². The van der Waals surface area contributed by atoms with E-state index in [1.165, 1.54) is 10.9 Å². The highest BCUT2D eigenvalue weighted by Crippen LogP contribution is 2.26. The third-order valence-electron chi connectivity index (χ3n) is 2.09. The Morgan fingerprint density at radius 2 is 1.94 bits per heavy atom. The topological polar surface area (TPSA) is 55.1 Å². The summed E-state index contributed by atoms with van der Waals surface area (Å²) in [5.74, 6) is -1.14. The van der Waals surface area contributed by atoms with E-state index < -0.39 is 5.97 Å². The fourth-order valence-electron chi connectivity index (χ4n) is 1.27. The normalized spacial score (nSPS) is 10.5. The Kier molecular flexibility index (Phi) is 3.28. The van der Waals surface area contributed by atoms with E-state index in [0.29, 0.717) is 15.7 Å². The zero-order chi connectivity index (χ0) is 12.6. The third-order valence-corrected chi connectivity index (χ3v) is 3.19. The molecule has 0 aliphatic carbocycles. The van der Waals surface area contributed by atoms with Gasteiger partial charge in [-0.3, -0.25) is 0 Å². The molecule has 0 saturated carbocycles. The molecule has 1 heterocycles. The molecule has 0 atom stereocenters. The minimum Gasteiger partial charge on any atom is -0.478 e. The summed E-state index contributed by atoms with van der Waals surface area (Å²) in [6.07, 6.45) is 1.17. The van der Waals surface area contributed by atoms with Gasteiger partial charge < -0.3 is 5.11 Å². The number of hydrogen-bond acceptors (Lipinski definition) is 2. The van der Waals surface area contributed by atoms with Crippen molar-refractivity contribution in [2.24, 2.45) is 0 Å². The van der Waals surface area contributed by atoms with E-state index >= 15 is 0 Å². The first-order chi connectivity index (χ1) is 8.00. The molecule has 1 aromatic carbocycles. The van der Waals surface area contributed by atoms with Crippen LogP contribution in [0, 0.1) is 0 Å². The molecule has 0 fully saturated rings. The lowest BCUT2D eigenvalue weighted by Crippen LogP contribution is -1.99. The lowest BCUT2D eigenvalue weighted by atomic mass is 10.3. The molecule has 4 nitrogen and oxygen atoms in total. The van der Waals surface area contributed by atoms with Gasteiger partial charge in [0.05, 0.1) is 21.9 Å². The van der Waals surface area contributed by atoms with Crippen molar-refractivity contribution in [3.8, 4) is 5.69 Å². The maximum absolute atomic E-state index is 10.8. The average molecular weight is 292 g/mol. The van der Waals surface area contributed by atoms with Crippen molar-refractivity contribution in [3.63, 3.8) is 0 Å². The summed E-state index contributed by atoms with van der Waals surface area (Å²) in [4.78, 5) is 10.8. The van der Waals surface area contributed by atoms with Gasteiger partial charge in [0, 0.05) is 0 Å². The van der Waals surface area contributed by atoms with E-state index in [2.05, 4.69) is 5.10 Å². The van der Waals surface area contributed by atoms with Crippen LogP contribution in [0.3, 0.4) is 0 Å². The van der Waals surface area contributed by atoms with Gasteiger partial charge in [0.1, 0.15) is 10.7 Å². The molecule has 2 rings (SSSR count). The largest absolute Gasteiger partial charge is 0.478 e. The molecule has 7 heteroatoms. The maximum Gasteiger partial charge on any atom is 0.340 e. The van der Waals surface area contributed by atoms with Crippen LogP contribution in [0.4, 0.5) is 0 Å². The summed E-state index contributed by atoms with van der Waals surface area (Å²) >= 11 is 17.5. The van der Waals surface area contributed by atoms with Crippen LogP contribution < -0.4 is 0 Å². The van der Waals surface area contributed by atoms with Crippen molar-refractivity contribution in [1.29, 1.82) is 0 Å². The van der Waals surface area contributed by atoms with E-state index in [9.17, 15) is 4.79 Å². The monoisotopic (exact) mass is 290 g/mol. The van der Waals surface area contributed by atoms with Gasteiger partial charge in [-0.05, 0) is 18.2 Å². The number of rotatable bonds is 2. The first-order valence-corrected chi connectivity index (χ1v) is 5.56. The van der Waals surface area contributed by atoms with Crippen LogP contribution in [0.15, 0.2) is 24.4 Å². The Bertz CT molecular complexity index is 595. The number of hydrogen-bond donors (Lipinski definition) is 1. The maximum atomic E-state index is 10.8. The Balaban J connectivity index is 2.53. The van der Waals surface area contributed by atoms with Crippen molar-refractivity contribution >= 4 is 40.8 Å². The fourth-order valence-corrected chi connectivity index (χ4v) is 1.84. The van der Waals surface area contributed by atoms with Crippen molar-refractivity contribution in [2.45, 2.75) is 0 Å². The van der Waals surface area contributed by atoms with Crippen molar-refractivity contribution < 1.29 is 9.90 Å². The predicted octanol–water partition coefficient (Wildman–Crippen LogP) is 3.53. The molecular weight excluding hydrogens is 286 g/mol. The zero-order valence-electron chi connectivity index (χ0n) is 8.19. The van der Waals surface area contributed by atoms with Crippen LogP contribution in [0.5, 0.6) is 0 Å². The molecule has 0 saturated heterocycles. The molecular formula is C10H5Cl3N2O2. The minimum absolute atomic E-state index is 0.0101. The van der Waals surface area contributed by atoms with E-state index in [4.69, 9.17) is 39.9 Å².